The second-order valence-electron chi connectivity index (χ2n) is 4.60. The number of anilines is 1. The normalized spacial score (nSPS) is 10.2. The Morgan fingerprint density at radius 1 is 1.17 bits per heavy atom. The molecule has 0 atom stereocenters. The average Bonchev–Trinajstić information content (AvgIpc) is 2.55. The Hall–Kier alpha value is -2.67. The van der Waals surface area contributed by atoms with Crippen LogP contribution in [0, 0.1) is 11.6 Å². The molecular weight excluding hydrogens is 344 g/mol. The highest BCUT2D eigenvalue weighted by Gasteiger charge is 2.13. The summed E-state index contributed by atoms with van der Waals surface area (Å²) in [5, 5.41) is 2.63. The molecule has 2 aromatic carbocycles. The molecule has 0 aliphatic rings. The third kappa shape index (κ3) is 4.42. The van der Waals surface area contributed by atoms with Crippen LogP contribution >= 0.6 is 11.6 Å². The fourth-order valence-corrected chi connectivity index (χ4v) is 1.95. The van der Waals surface area contributed by atoms with Crippen molar-refractivity contribution in [2.45, 2.75) is 0 Å². The van der Waals surface area contributed by atoms with Gasteiger partial charge in [-0.1, -0.05) is 11.6 Å². The van der Waals surface area contributed by atoms with E-state index in [2.05, 4.69) is 10.1 Å². The van der Waals surface area contributed by atoms with Crippen LogP contribution in [0.5, 0.6) is 5.75 Å². The van der Waals surface area contributed by atoms with Gasteiger partial charge in [0.15, 0.2) is 18.2 Å². The van der Waals surface area contributed by atoms with Gasteiger partial charge in [0.2, 0.25) is 0 Å². The lowest BCUT2D eigenvalue weighted by molar-refractivity contribution is -0.118. The number of hydrogen-bond donors (Lipinski definition) is 1. The van der Waals surface area contributed by atoms with Gasteiger partial charge in [0.25, 0.3) is 5.91 Å². The fraction of sp³-hybridized carbons (Fsp3) is 0.125. The zero-order chi connectivity index (χ0) is 17.7. The Morgan fingerprint density at radius 2 is 1.92 bits per heavy atom. The van der Waals surface area contributed by atoms with E-state index in [1.165, 1.54) is 25.3 Å². The molecule has 126 valence electrons. The van der Waals surface area contributed by atoms with E-state index in [4.69, 9.17) is 16.3 Å². The number of methoxy groups -OCH3 is 1. The van der Waals surface area contributed by atoms with Crippen molar-refractivity contribution in [3.05, 3.63) is 58.6 Å². The minimum absolute atomic E-state index is 0.174. The molecule has 0 aromatic heterocycles. The van der Waals surface area contributed by atoms with Crippen molar-refractivity contribution in [1.29, 1.82) is 0 Å². The van der Waals surface area contributed by atoms with E-state index in [1.54, 1.807) is 0 Å². The van der Waals surface area contributed by atoms with Crippen LogP contribution < -0.4 is 10.1 Å². The van der Waals surface area contributed by atoms with E-state index < -0.39 is 30.1 Å². The molecule has 0 radical (unpaired) electrons. The first-order chi connectivity index (χ1) is 11.4. The van der Waals surface area contributed by atoms with Crippen molar-refractivity contribution < 1.29 is 27.8 Å². The molecule has 0 saturated heterocycles. The standard InChI is InChI=1S/C16H12ClF2NO4/c1-23-16(22)9-2-4-11(17)13(6-9)20-15(21)8-24-14-5-3-10(18)7-12(14)19/h2-7H,8H2,1H3,(H,20,21). The van der Waals surface area contributed by atoms with E-state index in [0.29, 0.717) is 6.07 Å². The molecule has 8 heteroatoms. The number of benzene rings is 2. The molecule has 0 saturated carbocycles. The van der Waals surface area contributed by atoms with E-state index in [0.717, 1.165) is 12.1 Å². The fourth-order valence-electron chi connectivity index (χ4n) is 1.79. The highest BCUT2D eigenvalue weighted by Crippen LogP contribution is 2.23. The first kappa shape index (κ1) is 17.7. The zero-order valence-corrected chi connectivity index (χ0v) is 13.2. The molecule has 0 heterocycles. The van der Waals surface area contributed by atoms with E-state index in [1.807, 2.05) is 0 Å². The van der Waals surface area contributed by atoms with Crippen molar-refractivity contribution in [3.63, 3.8) is 0 Å². The number of rotatable bonds is 5. The molecule has 2 rings (SSSR count). The highest BCUT2D eigenvalue weighted by atomic mass is 35.5. The molecule has 0 aliphatic heterocycles. The molecule has 0 bridgehead atoms. The number of hydrogen-bond acceptors (Lipinski definition) is 4. The summed E-state index contributed by atoms with van der Waals surface area (Å²) in [5.74, 6) is -3.17. The zero-order valence-electron chi connectivity index (χ0n) is 12.4. The van der Waals surface area contributed by atoms with Gasteiger partial charge in [0.05, 0.1) is 23.4 Å². The summed E-state index contributed by atoms with van der Waals surface area (Å²) in [4.78, 5) is 23.3. The van der Waals surface area contributed by atoms with Gasteiger partial charge in [-0.25, -0.2) is 13.6 Å². The first-order valence-corrected chi connectivity index (χ1v) is 7.04. The summed E-state index contributed by atoms with van der Waals surface area (Å²) < 4.78 is 35.7. The molecule has 0 fully saturated rings. The first-order valence-electron chi connectivity index (χ1n) is 6.66. The molecule has 1 N–H and O–H groups in total. The average molecular weight is 356 g/mol. The summed E-state index contributed by atoms with van der Waals surface area (Å²) >= 11 is 5.94. The van der Waals surface area contributed by atoms with Crippen LogP contribution in [-0.4, -0.2) is 25.6 Å². The predicted octanol–water partition coefficient (Wildman–Crippen LogP) is 3.42. The second kappa shape index (κ2) is 7.74. The Kier molecular flexibility index (Phi) is 5.70. The predicted molar refractivity (Wildman–Crippen MR) is 83.3 cm³/mol. The maximum Gasteiger partial charge on any atom is 0.337 e. The summed E-state index contributed by atoms with van der Waals surface area (Å²) in [6, 6.07) is 6.92. The monoisotopic (exact) mass is 355 g/mol. The summed E-state index contributed by atoms with van der Waals surface area (Å²) in [7, 11) is 1.22. The van der Waals surface area contributed by atoms with Crippen molar-refractivity contribution in [1.82, 2.24) is 0 Å². The number of carbonyl (C=O) groups excluding carboxylic acids is 2. The molecule has 5 nitrogen and oxygen atoms in total. The Morgan fingerprint density at radius 3 is 2.58 bits per heavy atom. The number of halogens is 3. The van der Waals surface area contributed by atoms with Crippen LogP contribution in [0.15, 0.2) is 36.4 Å². The number of carbonyl (C=O) groups is 2. The number of amides is 1. The minimum Gasteiger partial charge on any atom is -0.481 e. The smallest absolute Gasteiger partial charge is 0.337 e. The van der Waals surface area contributed by atoms with Gasteiger partial charge in [0.1, 0.15) is 5.82 Å². The van der Waals surface area contributed by atoms with Crippen LogP contribution in [0.1, 0.15) is 10.4 Å². The summed E-state index contributed by atoms with van der Waals surface area (Å²) in [5.41, 5.74) is 0.371. The van der Waals surface area contributed by atoms with E-state index in [-0.39, 0.29) is 22.0 Å². The molecule has 0 spiro atoms. The van der Waals surface area contributed by atoms with Crippen LogP contribution in [0.2, 0.25) is 5.02 Å². The SMILES string of the molecule is COC(=O)c1ccc(Cl)c(NC(=O)COc2ccc(F)cc2F)c1. The molecule has 24 heavy (non-hydrogen) atoms. The van der Waals surface area contributed by atoms with Crippen molar-refractivity contribution in [2.24, 2.45) is 0 Å². The van der Waals surface area contributed by atoms with Crippen molar-refractivity contribution in [3.8, 4) is 5.75 Å². The summed E-state index contributed by atoms with van der Waals surface area (Å²) in [6.07, 6.45) is 0. The Labute approximate surface area is 141 Å². The van der Waals surface area contributed by atoms with Gasteiger partial charge in [0, 0.05) is 6.07 Å². The molecule has 2 aromatic rings. The third-order valence-electron chi connectivity index (χ3n) is 2.91. The lowest BCUT2D eigenvalue weighted by Crippen LogP contribution is -2.21. The highest BCUT2D eigenvalue weighted by molar-refractivity contribution is 6.33. The number of ether oxygens (including phenoxy) is 2. The van der Waals surface area contributed by atoms with Crippen LogP contribution in [-0.2, 0) is 9.53 Å². The summed E-state index contributed by atoms with van der Waals surface area (Å²) in [6.45, 7) is -0.526. The third-order valence-corrected chi connectivity index (χ3v) is 3.24. The number of esters is 1. The van der Waals surface area contributed by atoms with Gasteiger partial charge in [-0.3, -0.25) is 4.79 Å². The van der Waals surface area contributed by atoms with E-state index >= 15 is 0 Å². The Bertz CT molecular complexity index is 783. The maximum absolute atomic E-state index is 13.4. The number of nitrogens with one attached hydrogen (secondary N) is 1. The second-order valence-corrected chi connectivity index (χ2v) is 5.01. The Balaban J connectivity index is 2.03. The van der Waals surface area contributed by atoms with Crippen LogP contribution in [0.25, 0.3) is 0 Å². The lowest BCUT2D eigenvalue weighted by Gasteiger charge is -2.10. The minimum atomic E-state index is -0.923. The molecule has 0 unspecified atom stereocenters. The van der Waals surface area contributed by atoms with Crippen molar-refractivity contribution in [2.75, 3.05) is 19.0 Å². The molecule has 1 amide bonds. The van der Waals surface area contributed by atoms with E-state index in [9.17, 15) is 18.4 Å². The largest absolute Gasteiger partial charge is 0.481 e. The maximum atomic E-state index is 13.4. The molecule has 0 aliphatic carbocycles. The quantitative estimate of drug-likeness (QED) is 0.835. The lowest BCUT2D eigenvalue weighted by atomic mass is 10.2. The van der Waals surface area contributed by atoms with Crippen molar-refractivity contribution >= 4 is 29.2 Å². The van der Waals surface area contributed by atoms with Gasteiger partial charge < -0.3 is 14.8 Å². The van der Waals surface area contributed by atoms with Gasteiger partial charge in [-0.2, -0.15) is 0 Å². The van der Waals surface area contributed by atoms with Gasteiger partial charge in [-0.05, 0) is 30.3 Å². The van der Waals surface area contributed by atoms with Crippen LogP contribution in [0.3, 0.4) is 0 Å². The molecular formula is C16H12ClF2NO4. The topological polar surface area (TPSA) is 64.6 Å². The van der Waals surface area contributed by atoms with Crippen LogP contribution in [0.4, 0.5) is 14.5 Å². The van der Waals surface area contributed by atoms with Gasteiger partial charge >= 0.3 is 5.97 Å². The van der Waals surface area contributed by atoms with Gasteiger partial charge in [-0.15, -0.1) is 0 Å².